The van der Waals surface area contributed by atoms with Gasteiger partial charge in [-0.1, -0.05) is 23.2 Å². The lowest BCUT2D eigenvalue weighted by Gasteiger charge is -2.08. The van der Waals surface area contributed by atoms with Crippen molar-refractivity contribution in [3.05, 3.63) is 58.1 Å². The quantitative estimate of drug-likeness (QED) is 0.809. The van der Waals surface area contributed by atoms with Crippen LogP contribution in [-0.4, -0.2) is 6.03 Å². The average molecular weight is 295 g/mol. The molecule has 0 spiro atoms. The Kier molecular flexibility index (Phi) is 4.30. The molecule has 0 aliphatic carbocycles. The van der Waals surface area contributed by atoms with E-state index in [0.717, 1.165) is 5.56 Å². The second-order valence-electron chi connectivity index (χ2n) is 4.10. The molecule has 19 heavy (non-hydrogen) atoms. The van der Waals surface area contributed by atoms with Gasteiger partial charge in [-0.2, -0.15) is 0 Å². The molecule has 2 N–H and O–H groups in total. The maximum absolute atomic E-state index is 11.8. The summed E-state index contributed by atoms with van der Waals surface area (Å²) in [5.41, 5.74) is 2.30. The van der Waals surface area contributed by atoms with E-state index < -0.39 is 0 Å². The Morgan fingerprint density at radius 3 is 2.16 bits per heavy atom. The number of aryl methyl sites for hydroxylation is 1. The van der Waals surface area contributed by atoms with Gasteiger partial charge in [0.25, 0.3) is 0 Å². The van der Waals surface area contributed by atoms with Gasteiger partial charge in [-0.3, -0.25) is 0 Å². The van der Waals surface area contributed by atoms with Gasteiger partial charge in [-0.15, -0.1) is 0 Å². The van der Waals surface area contributed by atoms with Crippen LogP contribution < -0.4 is 10.6 Å². The fourth-order valence-electron chi connectivity index (χ4n) is 1.64. The molecule has 0 aromatic heterocycles. The largest absolute Gasteiger partial charge is 0.323 e. The van der Waals surface area contributed by atoms with Crippen molar-refractivity contribution < 1.29 is 4.79 Å². The van der Waals surface area contributed by atoms with Crippen LogP contribution in [0.2, 0.25) is 10.0 Å². The number of hydrogen-bond acceptors (Lipinski definition) is 1. The van der Waals surface area contributed by atoms with Gasteiger partial charge in [0.1, 0.15) is 0 Å². The van der Waals surface area contributed by atoms with E-state index in [4.69, 9.17) is 23.2 Å². The minimum Gasteiger partial charge on any atom is -0.308 e. The van der Waals surface area contributed by atoms with Crippen molar-refractivity contribution in [2.45, 2.75) is 6.92 Å². The van der Waals surface area contributed by atoms with E-state index in [2.05, 4.69) is 10.6 Å². The van der Waals surface area contributed by atoms with Crippen LogP contribution in [0.25, 0.3) is 0 Å². The molecule has 0 unspecified atom stereocenters. The van der Waals surface area contributed by atoms with E-state index in [1.807, 2.05) is 19.1 Å². The van der Waals surface area contributed by atoms with Crippen LogP contribution in [0.3, 0.4) is 0 Å². The molecular weight excluding hydrogens is 283 g/mol. The summed E-state index contributed by atoms with van der Waals surface area (Å²) in [4.78, 5) is 11.8. The van der Waals surface area contributed by atoms with Crippen LogP contribution in [0.4, 0.5) is 16.2 Å². The number of carbonyl (C=O) groups excluding carboxylic acids is 1. The van der Waals surface area contributed by atoms with E-state index in [0.29, 0.717) is 21.4 Å². The van der Waals surface area contributed by atoms with Crippen molar-refractivity contribution >= 4 is 40.6 Å². The van der Waals surface area contributed by atoms with E-state index in [1.165, 1.54) is 0 Å². The molecule has 2 amide bonds. The van der Waals surface area contributed by atoms with Crippen LogP contribution in [0, 0.1) is 6.92 Å². The molecule has 0 bridgehead atoms. The van der Waals surface area contributed by atoms with Crippen LogP contribution in [0.1, 0.15) is 5.56 Å². The zero-order chi connectivity index (χ0) is 13.8. The highest BCUT2D eigenvalue weighted by Crippen LogP contribution is 2.19. The van der Waals surface area contributed by atoms with Crippen molar-refractivity contribution in [1.29, 1.82) is 0 Å². The minimum absolute atomic E-state index is 0.330. The van der Waals surface area contributed by atoms with Gasteiger partial charge in [-0.25, -0.2) is 4.79 Å². The first kappa shape index (κ1) is 13.7. The molecule has 2 aromatic rings. The number of hydrogen-bond donors (Lipinski definition) is 2. The zero-order valence-electron chi connectivity index (χ0n) is 10.2. The SMILES string of the molecule is Cc1cc(Cl)cc(NC(=O)Nc2ccc(Cl)cc2)c1. The zero-order valence-corrected chi connectivity index (χ0v) is 11.7. The normalized spacial score (nSPS) is 10.1. The van der Waals surface area contributed by atoms with E-state index >= 15 is 0 Å². The molecule has 0 atom stereocenters. The molecular formula is C14H12Cl2N2O. The van der Waals surface area contributed by atoms with Crippen molar-refractivity contribution in [1.82, 2.24) is 0 Å². The fraction of sp³-hybridized carbons (Fsp3) is 0.0714. The Labute approximate surface area is 121 Å². The predicted octanol–water partition coefficient (Wildman–Crippen LogP) is 4.95. The Morgan fingerprint density at radius 1 is 0.895 bits per heavy atom. The Hall–Kier alpha value is -1.71. The van der Waals surface area contributed by atoms with Crippen molar-refractivity contribution in [2.24, 2.45) is 0 Å². The number of nitrogens with one attached hydrogen (secondary N) is 2. The first-order valence-corrected chi connectivity index (χ1v) is 6.39. The van der Waals surface area contributed by atoms with Gasteiger partial charge < -0.3 is 10.6 Å². The lowest BCUT2D eigenvalue weighted by Crippen LogP contribution is -2.19. The highest BCUT2D eigenvalue weighted by Gasteiger charge is 2.04. The maximum Gasteiger partial charge on any atom is 0.323 e. The smallest absolute Gasteiger partial charge is 0.308 e. The molecule has 98 valence electrons. The third-order valence-corrected chi connectivity index (χ3v) is 2.87. The monoisotopic (exact) mass is 294 g/mol. The van der Waals surface area contributed by atoms with E-state index in [9.17, 15) is 4.79 Å². The summed E-state index contributed by atoms with van der Waals surface area (Å²) in [6, 6.07) is 11.9. The number of anilines is 2. The van der Waals surface area contributed by atoms with Crippen LogP contribution in [0.15, 0.2) is 42.5 Å². The molecule has 0 heterocycles. The summed E-state index contributed by atoms with van der Waals surface area (Å²) >= 11 is 11.7. The number of benzene rings is 2. The highest BCUT2D eigenvalue weighted by molar-refractivity contribution is 6.31. The van der Waals surface area contributed by atoms with Gasteiger partial charge in [0.2, 0.25) is 0 Å². The summed E-state index contributed by atoms with van der Waals surface area (Å²) in [6.07, 6.45) is 0. The Bertz CT molecular complexity index is 577. The molecule has 2 rings (SSSR count). The number of carbonyl (C=O) groups is 1. The van der Waals surface area contributed by atoms with Gasteiger partial charge in [-0.05, 0) is 55.0 Å². The number of rotatable bonds is 2. The summed E-state index contributed by atoms with van der Waals surface area (Å²) < 4.78 is 0. The molecule has 0 aliphatic heterocycles. The van der Waals surface area contributed by atoms with Gasteiger partial charge >= 0.3 is 6.03 Å². The second kappa shape index (κ2) is 5.95. The van der Waals surface area contributed by atoms with Crippen molar-refractivity contribution in [3.8, 4) is 0 Å². The summed E-state index contributed by atoms with van der Waals surface area (Å²) in [5, 5.41) is 6.63. The average Bonchev–Trinajstić information content (AvgIpc) is 2.30. The summed E-state index contributed by atoms with van der Waals surface area (Å²) in [6.45, 7) is 1.91. The molecule has 0 saturated heterocycles. The van der Waals surface area contributed by atoms with Crippen LogP contribution >= 0.6 is 23.2 Å². The fourth-order valence-corrected chi connectivity index (χ4v) is 2.05. The molecule has 0 saturated carbocycles. The summed E-state index contributed by atoms with van der Waals surface area (Å²) in [7, 11) is 0. The standard InChI is InChI=1S/C14H12Cl2N2O/c1-9-6-11(16)8-13(7-9)18-14(19)17-12-4-2-10(15)3-5-12/h2-8H,1H3,(H2,17,18,19). The maximum atomic E-state index is 11.8. The Balaban J connectivity index is 2.03. The van der Waals surface area contributed by atoms with E-state index in [-0.39, 0.29) is 6.03 Å². The molecule has 5 heteroatoms. The number of urea groups is 1. The lowest BCUT2D eigenvalue weighted by atomic mass is 10.2. The molecule has 3 nitrogen and oxygen atoms in total. The highest BCUT2D eigenvalue weighted by atomic mass is 35.5. The van der Waals surface area contributed by atoms with Crippen LogP contribution in [-0.2, 0) is 0 Å². The number of halogens is 2. The van der Waals surface area contributed by atoms with Gasteiger partial charge in [0.05, 0.1) is 0 Å². The molecule has 0 radical (unpaired) electrons. The minimum atomic E-state index is -0.330. The third-order valence-electron chi connectivity index (χ3n) is 2.40. The van der Waals surface area contributed by atoms with E-state index in [1.54, 1.807) is 30.3 Å². The third kappa shape index (κ3) is 4.16. The predicted molar refractivity (Wildman–Crippen MR) is 80.3 cm³/mol. The molecule has 2 aromatic carbocycles. The molecule has 0 aliphatic rings. The first-order chi connectivity index (χ1) is 9.02. The molecule has 0 fully saturated rings. The van der Waals surface area contributed by atoms with Crippen molar-refractivity contribution in [3.63, 3.8) is 0 Å². The van der Waals surface area contributed by atoms with Crippen molar-refractivity contribution in [2.75, 3.05) is 10.6 Å². The van der Waals surface area contributed by atoms with Crippen LogP contribution in [0.5, 0.6) is 0 Å². The summed E-state index contributed by atoms with van der Waals surface area (Å²) in [5.74, 6) is 0. The van der Waals surface area contributed by atoms with Gasteiger partial charge in [0.15, 0.2) is 0 Å². The topological polar surface area (TPSA) is 41.1 Å². The number of amides is 2. The lowest BCUT2D eigenvalue weighted by molar-refractivity contribution is 0.262. The van der Waals surface area contributed by atoms with Gasteiger partial charge in [0, 0.05) is 21.4 Å². The second-order valence-corrected chi connectivity index (χ2v) is 4.98. The Morgan fingerprint density at radius 2 is 1.53 bits per heavy atom. The first-order valence-electron chi connectivity index (χ1n) is 5.64.